The van der Waals surface area contributed by atoms with Crippen molar-refractivity contribution in [2.24, 2.45) is 11.1 Å². The third kappa shape index (κ3) is 3.13. The molecule has 0 saturated carbocycles. The largest absolute Gasteiger partial charge is 0.444 e. The van der Waals surface area contributed by atoms with Gasteiger partial charge >= 0.3 is 0 Å². The number of carbonyl (C=O) groups excluding carboxylic acids is 1. The summed E-state index contributed by atoms with van der Waals surface area (Å²) >= 11 is 0. The smallest absolute Gasteiger partial charge is 0.205 e. The Hall–Kier alpha value is -2.58. The van der Waals surface area contributed by atoms with Crippen molar-refractivity contribution in [2.45, 2.75) is 32.6 Å². The molecule has 26 heavy (non-hydrogen) atoms. The maximum Gasteiger partial charge on any atom is 0.205 e. The highest BCUT2D eigenvalue weighted by Gasteiger charge is 2.42. The molecule has 136 valence electrons. The molecule has 1 aliphatic carbocycles. The van der Waals surface area contributed by atoms with Crippen LogP contribution in [0.3, 0.4) is 0 Å². The van der Waals surface area contributed by atoms with Crippen LogP contribution in [0.5, 0.6) is 0 Å². The van der Waals surface area contributed by atoms with E-state index in [0.717, 1.165) is 11.3 Å². The van der Waals surface area contributed by atoms with E-state index in [4.69, 9.17) is 10.5 Å². The minimum Gasteiger partial charge on any atom is -0.444 e. The van der Waals surface area contributed by atoms with Crippen molar-refractivity contribution < 1.29 is 9.53 Å². The SMILES string of the molecule is CC1(C)CC(=O)C2=C(C1)OC(N)=C(C#N)C2c1ccc([N+](C)(C)C)cc1. The molecule has 0 amide bonds. The van der Waals surface area contributed by atoms with Gasteiger partial charge in [0.25, 0.3) is 0 Å². The molecule has 1 heterocycles. The van der Waals surface area contributed by atoms with Gasteiger partial charge in [0.05, 0.1) is 27.1 Å². The molecule has 2 aliphatic rings. The number of carbonyl (C=O) groups is 1. The van der Waals surface area contributed by atoms with Crippen molar-refractivity contribution in [3.05, 3.63) is 52.6 Å². The van der Waals surface area contributed by atoms with Crippen molar-refractivity contribution >= 4 is 11.5 Å². The Balaban J connectivity index is 2.12. The van der Waals surface area contributed by atoms with Crippen LogP contribution in [0, 0.1) is 16.7 Å². The molecule has 0 aromatic heterocycles. The first kappa shape index (κ1) is 18.2. The van der Waals surface area contributed by atoms with Crippen LogP contribution < -0.4 is 10.2 Å². The number of ether oxygens (including phenoxy) is 1. The Bertz CT molecular complexity index is 862. The van der Waals surface area contributed by atoms with Gasteiger partial charge in [-0.25, -0.2) is 0 Å². The number of benzene rings is 1. The summed E-state index contributed by atoms with van der Waals surface area (Å²) in [6.07, 6.45) is 1.09. The molecule has 1 aromatic carbocycles. The summed E-state index contributed by atoms with van der Waals surface area (Å²) in [6.45, 7) is 4.09. The highest BCUT2D eigenvalue weighted by atomic mass is 16.5. The van der Waals surface area contributed by atoms with Gasteiger partial charge < -0.3 is 10.5 Å². The average Bonchev–Trinajstić information content (AvgIpc) is 2.51. The van der Waals surface area contributed by atoms with Gasteiger partial charge in [0, 0.05) is 18.4 Å². The number of hydrogen-bond donors (Lipinski definition) is 1. The average molecular weight is 352 g/mol. The minimum atomic E-state index is -0.450. The van der Waals surface area contributed by atoms with Gasteiger partial charge in [-0.3, -0.25) is 9.28 Å². The zero-order chi connectivity index (χ0) is 19.3. The number of allylic oxidation sites excluding steroid dienone is 3. The molecule has 5 heteroatoms. The molecule has 1 unspecified atom stereocenters. The number of nitrogens with two attached hydrogens (primary N) is 1. The van der Waals surface area contributed by atoms with E-state index in [0.29, 0.717) is 34.2 Å². The number of Topliss-reactive ketones (excluding diaryl/α,β-unsaturated/α-hetero) is 1. The second-order valence-electron chi connectivity index (χ2n) is 8.81. The van der Waals surface area contributed by atoms with Crippen molar-refractivity contribution in [2.75, 3.05) is 21.1 Å². The van der Waals surface area contributed by atoms with Crippen LogP contribution >= 0.6 is 0 Å². The number of hydrogen-bond acceptors (Lipinski definition) is 4. The topological polar surface area (TPSA) is 76.1 Å². The fraction of sp³-hybridized carbons (Fsp3) is 0.429. The fourth-order valence-electron chi connectivity index (χ4n) is 3.73. The first-order chi connectivity index (χ1) is 12.0. The first-order valence-electron chi connectivity index (χ1n) is 8.79. The maximum atomic E-state index is 12.9. The van der Waals surface area contributed by atoms with E-state index in [2.05, 4.69) is 27.2 Å². The van der Waals surface area contributed by atoms with Crippen molar-refractivity contribution in [1.29, 1.82) is 5.26 Å². The highest BCUT2D eigenvalue weighted by molar-refractivity contribution is 6.00. The maximum absolute atomic E-state index is 12.9. The molecule has 0 saturated heterocycles. The molecule has 3 rings (SSSR count). The monoisotopic (exact) mass is 352 g/mol. The summed E-state index contributed by atoms with van der Waals surface area (Å²) in [5, 5.41) is 9.65. The van der Waals surface area contributed by atoms with Gasteiger partial charge in [0.1, 0.15) is 23.1 Å². The fourth-order valence-corrected chi connectivity index (χ4v) is 3.73. The number of rotatable bonds is 2. The number of nitriles is 1. The van der Waals surface area contributed by atoms with Crippen LogP contribution in [-0.4, -0.2) is 26.9 Å². The summed E-state index contributed by atoms with van der Waals surface area (Å²) in [7, 11) is 6.28. The predicted octanol–water partition coefficient (Wildman–Crippen LogP) is 3.33. The third-order valence-corrected chi connectivity index (χ3v) is 5.08. The van der Waals surface area contributed by atoms with Crippen LogP contribution in [0.2, 0.25) is 0 Å². The first-order valence-corrected chi connectivity index (χ1v) is 8.79. The van der Waals surface area contributed by atoms with Crippen molar-refractivity contribution in [3.8, 4) is 6.07 Å². The Morgan fingerprint density at radius 2 is 1.81 bits per heavy atom. The lowest BCUT2D eigenvalue weighted by atomic mass is 9.70. The second-order valence-corrected chi connectivity index (χ2v) is 8.81. The molecule has 0 radical (unpaired) electrons. The normalized spacial score (nSPS) is 22.6. The molecule has 0 spiro atoms. The Morgan fingerprint density at radius 1 is 1.19 bits per heavy atom. The van der Waals surface area contributed by atoms with Crippen molar-refractivity contribution in [1.82, 2.24) is 4.48 Å². The van der Waals surface area contributed by atoms with Gasteiger partial charge in [-0.15, -0.1) is 0 Å². The van der Waals surface area contributed by atoms with Gasteiger partial charge in [-0.1, -0.05) is 26.0 Å². The van der Waals surface area contributed by atoms with Crippen LogP contribution in [0.15, 0.2) is 47.1 Å². The molecule has 0 bridgehead atoms. The molecule has 1 atom stereocenters. The lowest BCUT2D eigenvalue weighted by molar-refractivity contribution is -0.119. The summed E-state index contributed by atoms with van der Waals surface area (Å²) < 4.78 is 6.41. The Labute approximate surface area is 154 Å². The number of quaternary nitrogens is 1. The number of nitrogens with zero attached hydrogens (tertiary/aromatic N) is 2. The van der Waals surface area contributed by atoms with Crippen LogP contribution in [-0.2, 0) is 9.53 Å². The van der Waals surface area contributed by atoms with E-state index < -0.39 is 5.92 Å². The zero-order valence-electron chi connectivity index (χ0n) is 16.1. The van der Waals surface area contributed by atoms with E-state index in [1.165, 1.54) is 0 Å². The standard InChI is InChI=1S/C21H26N3O2/c1-21(2)10-16(25)19-17(11-21)26-20(23)15(12-22)18(19)13-6-8-14(9-7-13)24(3,4)5/h6-9,18H,10-11,23H2,1-5H3/q+1. The van der Waals surface area contributed by atoms with E-state index in [-0.39, 0.29) is 17.1 Å². The molecule has 5 nitrogen and oxygen atoms in total. The molecule has 0 fully saturated rings. The Morgan fingerprint density at radius 3 is 2.35 bits per heavy atom. The van der Waals surface area contributed by atoms with E-state index in [1.807, 2.05) is 38.1 Å². The summed E-state index contributed by atoms with van der Waals surface area (Å²) in [5.74, 6) is 0.312. The van der Waals surface area contributed by atoms with Gasteiger partial charge in [-0.2, -0.15) is 5.26 Å². The van der Waals surface area contributed by atoms with Gasteiger partial charge in [0.15, 0.2) is 5.78 Å². The van der Waals surface area contributed by atoms with Crippen LogP contribution in [0.4, 0.5) is 5.69 Å². The second kappa shape index (κ2) is 6.00. The minimum absolute atomic E-state index is 0.0391. The highest BCUT2D eigenvalue weighted by Crippen LogP contribution is 2.47. The van der Waals surface area contributed by atoms with Crippen LogP contribution in [0.1, 0.15) is 38.2 Å². The quantitative estimate of drug-likeness (QED) is 0.828. The molecular weight excluding hydrogens is 326 g/mol. The van der Waals surface area contributed by atoms with E-state index in [1.54, 1.807) is 0 Å². The van der Waals surface area contributed by atoms with E-state index in [9.17, 15) is 10.1 Å². The van der Waals surface area contributed by atoms with Gasteiger partial charge in [0.2, 0.25) is 5.88 Å². The van der Waals surface area contributed by atoms with Crippen LogP contribution in [0.25, 0.3) is 0 Å². The molecule has 1 aromatic rings. The third-order valence-electron chi connectivity index (χ3n) is 5.08. The molecule has 2 N–H and O–H groups in total. The van der Waals surface area contributed by atoms with Crippen molar-refractivity contribution in [3.63, 3.8) is 0 Å². The molecule has 1 aliphatic heterocycles. The Kier molecular flexibility index (Phi) is 4.20. The lowest BCUT2D eigenvalue weighted by Crippen LogP contribution is -2.35. The summed E-state index contributed by atoms with van der Waals surface area (Å²) in [6, 6.07) is 10.2. The predicted molar refractivity (Wildman–Crippen MR) is 102 cm³/mol. The summed E-state index contributed by atoms with van der Waals surface area (Å²) in [4.78, 5) is 12.9. The molecular formula is C21H26N3O2+. The summed E-state index contributed by atoms with van der Waals surface area (Å²) in [5.41, 5.74) is 8.82. The number of ketones is 1. The lowest BCUT2D eigenvalue weighted by Gasteiger charge is -2.37. The van der Waals surface area contributed by atoms with Gasteiger partial charge in [-0.05, 0) is 23.1 Å². The zero-order valence-corrected chi connectivity index (χ0v) is 16.1. The van der Waals surface area contributed by atoms with E-state index >= 15 is 0 Å².